The normalized spacial score (nSPS) is 12.7. The number of Topliss-reactive ketones (excluding diaryl/α,β-unsaturated/α-hetero) is 1. The van der Waals surface area contributed by atoms with E-state index in [0.717, 1.165) is 5.56 Å². The van der Waals surface area contributed by atoms with E-state index in [0.29, 0.717) is 46.9 Å². The summed E-state index contributed by atoms with van der Waals surface area (Å²) in [5.41, 5.74) is 2.08. The first-order valence-electron chi connectivity index (χ1n) is 8.08. The second-order valence-corrected chi connectivity index (χ2v) is 6.15. The summed E-state index contributed by atoms with van der Waals surface area (Å²) in [6, 6.07) is 14.2. The molecule has 7 heteroatoms. The smallest absolute Gasteiger partial charge is 0.225 e. The van der Waals surface area contributed by atoms with E-state index in [2.05, 4.69) is 10.5 Å². The van der Waals surface area contributed by atoms with Gasteiger partial charge in [0, 0.05) is 22.2 Å². The number of benzene rings is 2. The predicted octanol–water partition coefficient (Wildman–Crippen LogP) is 4.06. The number of hydrogen-bond acceptors (Lipinski definition) is 6. The second kappa shape index (κ2) is 7.09. The van der Waals surface area contributed by atoms with Crippen LogP contribution in [0.5, 0.6) is 11.5 Å². The molecule has 0 aliphatic carbocycles. The van der Waals surface area contributed by atoms with Gasteiger partial charge in [-0.3, -0.25) is 4.79 Å². The van der Waals surface area contributed by atoms with Crippen molar-refractivity contribution in [2.75, 3.05) is 25.1 Å². The Morgan fingerprint density at radius 3 is 2.62 bits per heavy atom. The third-order valence-corrected chi connectivity index (χ3v) is 4.19. The Labute approximate surface area is 154 Å². The molecule has 3 aromatic rings. The van der Waals surface area contributed by atoms with Gasteiger partial charge in [-0.1, -0.05) is 28.9 Å². The van der Waals surface area contributed by atoms with E-state index in [1.54, 1.807) is 36.4 Å². The van der Waals surface area contributed by atoms with Crippen LogP contribution in [0.15, 0.2) is 53.1 Å². The first-order valence-corrected chi connectivity index (χ1v) is 8.46. The Hall–Kier alpha value is -2.99. The quantitative estimate of drug-likeness (QED) is 0.683. The number of hydrogen-bond donors (Lipinski definition) is 1. The molecule has 0 saturated heterocycles. The topological polar surface area (TPSA) is 73.6 Å². The van der Waals surface area contributed by atoms with Gasteiger partial charge in [-0.2, -0.15) is 0 Å². The molecule has 26 heavy (non-hydrogen) atoms. The Morgan fingerprint density at radius 2 is 1.81 bits per heavy atom. The molecular weight excluding hydrogens is 356 g/mol. The van der Waals surface area contributed by atoms with Gasteiger partial charge in [-0.15, -0.1) is 0 Å². The van der Waals surface area contributed by atoms with E-state index in [1.165, 1.54) is 0 Å². The molecule has 1 N–H and O–H groups in total. The fourth-order valence-corrected chi connectivity index (χ4v) is 2.73. The lowest BCUT2D eigenvalue weighted by Gasteiger charge is -2.18. The Morgan fingerprint density at radius 1 is 1.04 bits per heavy atom. The largest absolute Gasteiger partial charge is 0.486 e. The lowest BCUT2D eigenvalue weighted by atomic mass is 10.1. The molecule has 4 rings (SSSR count). The molecule has 2 heterocycles. The summed E-state index contributed by atoms with van der Waals surface area (Å²) < 4.78 is 16.2. The molecule has 1 aliphatic heterocycles. The van der Waals surface area contributed by atoms with Crippen molar-refractivity contribution in [3.8, 4) is 22.8 Å². The van der Waals surface area contributed by atoms with Crippen molar-refractivity contribution in [2.45, 2.75) is 0 Å². The zero-order chi connectivity index (χ0) is 17.9. The van der Waals surface area contributed by atoms with Gasteiger partial charge >= 0.3 is 0 Å². The molecular formula is C19H15ClN2O4. The molecule has 0 fully saturated rings. The maximum atomic E-state index is 12.4. The summed E-state index contributed by atoms with van der Waals surface area (Å²) >= 11 is 5.88. The van der Waals surface area contributed by atoms with Crippen LogP contribution in [0.1, 0.15) is 10.4 Å². The van der Waals surface area contributed by atoms with Gasteiger partial charge in [0.15, 0.2) is 17.3 Å². The Bertz CT molecular complexity index is 937. The highest BCUT2D eigenvalue weighted by Crippen LogP contribution is 2.31. The summed E-state index contributed by atoms with van der Waals surface area (Å²) in [4.78, 5) is 12.4. The van der Waals surface area contributed by atoms with Crippen LogP contribution in [-0.2, 0) is 0 Å². The Balaban J connectivity index is 1.41. The molecule has 0 atom stereocenters. The van der Waals surface area contributed by atoms with Gasteiger partial charge in [-0.05, 0) is 30.3 Å². The van der Waals surface area contributed by atoms with E-state index in [9.17, 15) is 4.79 Å². The van der Waals surface area contributed by atoms with E-state index in [4.69, 9.17) is 25.6 Å². The van der Waals surface area contributed by atoms with Crippen LogP contribution < -0.4 is 14.8 Å². The van der Waals surface area contributed by atoms with E-state index in [1.807, 2.05) is 12.1 Å². The third kappa shape index (κ3) is 3.50. The van der Waals surface area contributed by atoms with Crippen LogP contribution >= 0.6 is 11.6 Å². The molecule has 0 bridgehead atoms. The number of aromatic nitrogens is 1. The Kier molecular flexibility index (Phi) is 4.50. The molecule has 0 amide bonds. The van der Waals surface area contributed by atoms with Crippen molar-refractivity contribution >= 4 is 23.3 Å². The number of carbonyl (C=O) groups excluding carboxylic acids is 1. The molecule has 0 spiro atoms. The zero-order valence-corrected chi connectivity index (χ0v) is 14.5. The van der Waals surface area contributed by atoms with E-state index in [-0.39, 0.29) is 12.3 Å². The molecule has 0 unspecified atom stereocenters. The number of halogens is 1. The summed E-state index contributed by atoms with van der Waals surface area (Å²) in [6.07, 6.45) is 0. The fourth-order valence-electron chi connectivity index (χ4n) is 2.60. The minimum absolute atomic E-state index is 0.0783. The average molecular weight is 371 g/mol. The maximum Gasteiger partial charge on any atom is 0.225 e. The first-order chi connectivity index (χ1) is 12.7. The van der Waals surface area contributed by atoms with Crippen LogP contribution in [0.4, 0.5) is 5.88 Å². The molecule has 1 aromatic heterocycles. The number of ketones is 1. The van der Waals surface area contributed by atoms with Crippen molar-refractivity contribution in [3.05, 3.63) is 59.1 Å². The first kappa shape index (κ1) is 16.5. The van der Waals surface area contributed by atoms with Gasteiger partial charge < -0.3 is 19.3 Å². The monoisotopic (exact) mass is 370 g/mol. The maximum absolute atomic E-state index is 12.4. The van der Waals surface area contributed by atoms with Gasteiger partial charge in [-0.25, -0.2) is 0 Å². The highest BCUT2D eigenvalue weighted by Gasteiger charge is 2.15. The summed E-state index contributed by atoms with van der Waals surface area (Å²) in [5, 5.41) is 7.60. The standard InChI is InChI=1S/C19H15ClN2O4/c20-14-4-1-12(2-5-14)15-10-19(26-22-15)21-11-16(23)13-3-6-17-18(9-13)25-8-7-24-17/h1-6,9-10,21H,7-8,11H2. The van der Waals surface area contributed by atoms with Crippen LogP contribution in [-0.4, -0.2) is 30.7 Å². The fraction of sp³-hybridized carbons (Fsp3) is 0.158. The van der Waals surface area contributed by atoms with Crippen LogP contribution in [0.25, 0.3) is 11.3 Å². The molecule has 2 aromatic carbocycles. The molecule has 0 radical (unpaired) electrons. The van der Waals surface area contributed by atoms with Crippen molar-refractivity contribution < 1.29 is 18.8 Å². The zero-order valence-electron chi connectivity index (χ0n) is 13.7. The molecule has 0 saturated carbocycles. The van der Waals surface area contributed by atoms with Crippen molar-refractivity contribution in [2.24, 2.45) is 0 Å². The molecule has 132 valence electrons. The van der Waals surface area contributed by atoms with Crippen LogP contribution in [0.2, 0.25) is 5.02 Å². The van der Waals surface area contributed by atoms with E-state index >= 15 is 0 Å². The average Bonchev–Trinajstić information content (AvgIpc) is 3.15. The minimum Gasteiger partial charge on any atom is -0.486 e. The third-order valence-electron chi connectivity index (χ3n) is 3.94. The SMILES string of the molecule is O=C(CNc1cc(-c2ccc(Cl)cc2)no1)c1ccc2c(c1)OCCO2. The number of nitrogens with one attached hydrogen (secondary N) is 1. The number of ether oxygens (including phenoxy) is 2. The number of carbonyl (C=O) groups is 1. The molecule has 1 aliphatic rings. The summed E-state index contributed by atoms with van der Waals surface area (Å²) in [5.74, 6) is 1.57. The highest BCUT2D eigenvalue weighted by atomic mass is 35.5. The summed E-state index contributed by atoms with van der Waals surface area (Å²) in [6.45, 7) is 1.08. The van der Waals surface area contributed by atoms with Crippen molar-refractivity contribution in [1.29, 1.82) is 0 Å². The van der Waals surface area contributed by atoms with Gasteiger partial charge in [0.1, 0.15) is 18.9 Å². The van der Waals surface area contributed by atoms with Crippen molar-refractivity contribution in [3.63, 3.8) is 0 Å². The van der Waals surface area contributed by atoms with Gasteiger partial charge in [0.05, 0.1) is 6.54 Å². The number of anilines is 1. The van der Waals surface area contributed by atoms with Crippen LogP contribution in [0.3, 0.4) is 0 Å². The van der Waals surface area contributed by atoms with E-state index < -0.39 is 0 Å². The van der Waals surface area contributed by atoms with Gasteiger partial charge in [0.2, 0.25) is 5.88 Å². The van der Waals surface area contributed by atoms with Crippen molar-refractivity contribution in [1.82, 2.24) is 5.16 Å². The highest BCUT2D eigenvalue weighted by molar-refractivity contribution is 6.30. The second-order valence-electron chi connectivity index (χ2n) is 5.72. The number of fused-ring (bicyclic) bond motifs is 1. The lowest BCUT2D eigenvalue weighted by Crippen LogP contribution is -2.17. The molecule has 6 nitrogen and oxygen atoms in total. The summed E-state index contributed by atoms with van der Waals surface area (Å²) in [7, 11) is 0. The number of nitrogens with zero attached hydrogens (tertiary/aromatic N) is 1. The predicted molar refractivity (Wildman–Crippen MR) is 97.2 cm³/mol. The lowest BCUT2D eigenvalue weighted by molar-refractivity contribution is 0.100. The van der Waals surface area contributed by atoms with Gasteiger partial charge in [0.25, 0.3) is 0 Å². The minimum atomic E-state index is -0.0913. The van der Waals surface area contributed by atoms with Crippen LogP contribution in [0, 0.1) is 0 Å². The number of rotatable bonds is 5.